The maximum Gasteiger partial charge on any atom is 0.243 e. The highest BCUT2D eigenvalue weighted by Gasteiger charge is 2.53. The van der Waals surface area contributed by atoms with Crippen molar-refractivity contribution in [3.05, 3.63) is 40.9 Å². The molecule has 6 nitrogen and oxygen atoms in total. The number of benzene rings is 1. The zero-order valence-electron chi connectivity index (χ0n) is 14.3. The second-order valence-corrected chi connectivity index (χ2v) is 9.43. The molecule has 0 N–H and O–H groups in total. The van der Waals surface area contributed by atoms with Crippen LogP contribution in [-0.2, 0) is 19.6 Å². The normalized spacial score (nSPS) is 26.9. The number of sulfonamides is 1. The standard InChI is InChI=1S/C18H19ClN2O4S/c1-11-6-7-12(19)8-16(11)26(24,25)20-9-13(10-20)21-17(22)14-4-2-3-5-15(14)18(21)23/h2-3,6-8,13-15H,4-5,9-10H2,1H3/t14-,15-/m0/s1. The molecule has 0 unspecified atom stereocenters. The Hall–Kier alpha value is -1.70. The summed E-state index contributed by atoms with van der Waals surface area (Å²) in [6.45, 7) is 1.99. The monoisotopic (exact) mass is 394 g/mol. The van der Waals surface area contributed by atoms with Crippen molar-refractivity contribution in [2.24, 2.45) is 11.8 Å². The molecule has 8 heteroatoms. The van der Waals surface area contributed by atoms with Crippen molar-refractivity contribution in [3.8, 4) is 0 Å². The summed E-state index contributed by atoms with van der Waals surface area (Å²) in [7, 11) is -3.69. The average molecular weight is 395 g/mol. The van der Waals surface area contributed by atoms with E-state index in [2.05, 4.69) is 0 Å². The Balaban J connectivity index is 1.51. The van der Waals surface area contributed by atoms with E-state index in [0.29, 0.717) is 23.4 Å². The van der Waals surface area contributed by atoms with Gasteiger partial charge in [-0.2, -0.15) is 4.31 Å². The molecule has 2 fully saturated rings. The Kier molecular flexibility index (Phi) is 4.21. The van der Waals surface area contributed by atoms with Gasteiger partial charge in [-0.05, 0) is 37.5 Å². The van der Waals surface area contributed by atoms with Crippen LogP contribution in [0.25, 0.3) is 0 Å². The van der Waals surface area contributed by atoms with E-state index in [-0.39, 0.29) is 47.7 Å². The molecule has 0 spiro atoms. The van der Waals surface area contributed by atoms with E-state index in [1.54, 1.807) is 19.1 Å². The van der Waals surface area contributed by atoms with Gasteiger partial charge in [-0.1, -0.05) is 29.8 Å². The first-order chi connectivity index (χ1) is 12.3. The predicted molar refractivity (Wildman–Crippen MR) is 95.9 cm³/mol. The highest BCUT2D eigenvalue weighted by Crippen LogP contribution is 2.38. The molecule has 2 aliphatic heterocycles. The van der Waals surface area contributed by atoms with Crippen molar-refractivity contribution in [3.63, 3.8) is 0 Å². The average Bonchev–Trinajstić information content (AvgIpc) is 2.81. The Labute approximate surface area is 157 Å². The van der Waals surface area contributed by atoms with Gasteiger partial charge >= 0.3 is 0 Å². The fraction of sp³-hybridized carbons (Fsp3) is 0.444. The lowest BCUT2D eigenvalue weighted by Gasteiger charge is -2.42. The number of likely N-dealkylation sites (tertiary alicyclic amines) is 1. The van der Waals surface area contributed by atoms with Gasteiger partial charge in [0.1, 0.15) is 0 Å². The Morgan fingerprint density at radius 3 is 2.19 bits per heavy atom. The molecule has 2 atom stereocenters. The van der Waals surface area contributed by atoms with E-state index >= 15 is 0 Å². The number of rotatable bonds is 3. The largest absolute Gasteiger partial charge is 0.276 e. The van der Waals surface area contributed by atoms with Crippen molar-refractivity contribution in [2.45, 2.75) is 30.7 Å². The lowest BCUT2D eigenvalue weighted by molar-refractivity contribution is -0.145. The molecule has 1 aromatic carbocycles. The number of nitrogens with zero attached hydrogens (tertiary/aromatic N) is 2. The second kappa shape index (κ2) is 6.18. The lowest BCUT2D eigenvalue weighted by atomic mass is 9.85. The van der Waals surface area contributed by atoms with Crippen LogP contribution in [0.15, 0.2) is 35.2 Å². The molecule has 1 aliphatic carbocycles. The quantitative estimate of drug-likeness (QED) is 0.580. The van der Waals surface area contributed by atoms with E-state index in [1.165, 1.54) is 15.3 Å². The number of halogens is 1. The third-order valence-corrected chi connectivity index (χ3v) is 7.71. The van der Waals surface area contributed by atoms with E-state index in [9.17, 15) is 18.0 Å². The summed E-state index contributed by atoms with van der Waals surface area (Å²) in [4.78, 5) is 26.7. The van der Waals surface area contributed by atoms with E-state index < -0.39 is 10.0 Å². The van der Waals surface area contributed by atoms with Gasteiger partial charge < -0.3 is 0 Å². The fourth-order valence-electron chi connectivity index (χ4n) is 3.95. The number of allylic oxidation sites excluding steroid dienone is 2. The molecule has 1 aromatic rings. The van der Waals surface area contributed by atoms with Gasteiger partial charge in [0.25, 0.3) is 0 Å². The zero-order valence-corrected chi connectivity index (χ0v) is 15.8. The topological polar surface area (TPSA) is 74.8 Å². The first kappa shape index (κ1) is 17.7. The van der Waals surface area contributed by atoms with Crippen molar-refractivity contribution in [1.82, 2.24) is 9.21 Å². The smallest absolute Gasteiger partial charge is 0.243 e. The van der Waals surface area contributed by atoms with Crippen molar-refractivity contribution in [1.29, 1.82) is 0 Å². The molecule has 138 valence electrons. The van der Waals surface area contributed by atoms with Crippen molar-refractivity contribution >= 4 is 33.4 Å². The van der Waals surface area contributed by atoms with Crippen LogP contribution in [0.2, 0.25) is 5.02 Å². The summed E-state index contributed by atoms with van der Waals surface area (Å²) < 4.78 is 27.0. The third kappa shape index (κ3) is 2.61. The number of imide groups is 1. The first-order valence-corrected chi connectivity index (χ1v) is 10.4. The van der Waals surface area contributed by atoms with Gasteiger partial charge in [0.15, 0.2) is 0 Å². The lowest BCUT2D eigenvalue weighted by Crippen LogP contribution is -2.62. The molecule has 4 rings (SSSR count). The minimum atomic E-state index is -3.69. The Morgan fingerprint density at radius 1 is 1.04 bits per heavy atom. The molecule has 26 heavy (non-hydrogen) atoms. The number of fused-ring (bicyclic) bond motifs is 1. The van der Waals surface area contributed by atoms with Crippen LogP contribution in [0, 0.1) is 18.8 Å². The summed E-state index contributed by atoms with van der Waals surface area (Å²) in [5.41, 5.74) is 0.614. The van der Waals surface area contributed by atoms with Crippen LogP contribution < -0.4 is 0 Å². The second-order valence-electron chi connectivity index (χ2n) is 7.09. The van der Waals surface area contributed by atoms with Gasteiger partial charge in [-0.3, -0.25) is 14.5 Å². The molecule has 2 heterocycles. The van der Waals surface area contributed by atoms with Crippen LogP contribution in [-0.4, -0.2) is 48.6 Å². The van der Waals surface area contributed by atoms with Crippen molar-refractivity contribution < 1.29 is 18.0 Å². The molecule has 0 aromatic heterocycles. The van der Waals surface area contributed by atoms with Gasteiger partial charge in [0.2, 0.25) is 21.8 Å². The highest BCUT2D eigenvalue weighted by atomic mass is 35.5. The molecule has 2 saturated heterocycles. The number of amides is 2. The molecular formula is C18H19ClN2O4S. The molecule has 3 aliphatic rings. The number of aryl methyl sites for hydroxylation is 1. The van der Waals surface area contributed by atoms with Crippen LogP contribution in [0.1, 0.15) is 18.4 Å². The van der Waals surface area contributed by atoms with E-state index in [4.69, 9.17) is 11.6 Å². The number of hydrogen-bond donors (Lipinski definition) is 0. The minimum Gasteiger partial charge on any atom is -0.276 e. The molecule has 0 saturated carbocycles. The van der Waals surface area contributed by atoms with E-state index in [1.807, 2.05) is 12.2 Å². The van der Waals surface area contributed by atoms with Crippen molar-refractivity contribution in [2.75, 3.05) is 13.1 Å². The predicted octanol–water partition coefficient (Wildman–Crippen LogP) is 1.97. The summed E-state index contributed by atoms with van der Waals surface area (Å²) in [5, 5.41) is 0.354. The molecule has 0 bridgehead atoms. The maximum atomic E-state index is 12.8. The maximum absolute atomic E-state index is 12.8. The SMILES string of the molecule is Cc1ccc(Cl)cc1S(=O)(=O)N1CC(N2C(=O)[C@H]3CC=CC[C@@H]3C2=O)C1. The molecule has 0 radical (unpaired) electrons. The van der Waals surface area contributed by atoms with Crippen LogP contribution in [0.5, 0.6) is 0 Å². The molecular weight excluding hydrogens is 376 g/mol. The number of carbonyl (C=O) groups is 2. The number of hydrogen-bond acceptors (Lipinski definition) is 4. The van der Waals surface area contributed by atoms with E-state index in [0.717, 1.165) is 0 Å². The summed E-state index contributed by atoms with van der Waals surface area (Å²) >= 11 is 5.94. The highest BCUT2D eigenvalue weighted by molar-refractivity contribution is 7.89. The summed E-state index contributed by atoms with van der Waals surface area (Å²) in [5.74, 6) is -0.891. The molecule has 2 amide bonds. The minimum absolute atomic E-state index is 0.138. The van der Waals surface area contributed by atoms with Gasteiger partial charge in [0, 0.05) is 18.1 Å². The van der Waals surface area contributed by atoms with Crippen LogP contribution in [0.4, 0.5) is 0 Å². The van der Waals surface area contributed by atoms with Gasteiger partial charge in [0.05, 0.1) is 22.8 Å². The van der Waals surface area contributed by atoms with Crippen LogP contribution in [0.3, 0.4) is 0 Å². The zero-order chi connectivity index (χ0) is 18.6. The fourth-order valence-corrected chi connectivity index (χ4v) is 5.96. The van der Waals surface area contributed by atoms with Gasteiger partial charge in [-0.25, -0.2) is 8.42 Å². The Bertz CT molecular complexity index is 895. The first-order valence-electron chi connectivity index (χ1n) is 8.59. The van der Waals surface area contributed by atoms with Crippen LogP contribution >= 0.6 is 11.6 Å². The third-order valence-electron chi connectivity index (χ3n) is 5.50. The summed E-state index contributed by atoms with van der Waals surface area (Å²) in [6, 6.07) is 4.37. The summed E-state index contributed by atoms with van der Waals surface area (Å²) in [6.07, 6.45) is 5.05. The number of carbonyl (C=O) groups excluding carboxylic acids is 2. The Morgan fingerprint density at radius 2 is 1.62 bits per heavy atom. The van der Waals surface area contributed by atoms with Gasteiger partial charge in [-0.15, -0.1) is 0 Å².